The van der Waals surface area contributed by atoms with Crippen molar-refractivity contribution in [3.8, 4) is 5.88 Å². The molecule has 1 aromatic heterocycles. The summed E-state index contributed by atoms with van der Waals surface area (Å²) in [6.07, 6.45) is -5.73. The van der Waals surface area contributed by atoms with E-state index in [9.17, 15) is 13.2 Å². The summed E-state index contributed by atoms with van der Waals surface area (Å²) in [5.74, 6) is 0.219. The first-order valence-corrected chi connectivity index (χ1v) is 3.91. The fraction of sp³-hybridized carbons (Fsp3) is 0.333. The number of methoxy groups -OCH3 is 1. The highest BCUT2D eigenvalue weighted by Gasteiger charge is 2.41. The number of pyridine rings is 1. The summed E-state index contributed by atoms with van der Waals surface area (Å²) in [7, 11) is 5.95. The smallest absolute Gasteiger partial charge is 0.418 e. The molecule has 0 spiro atoms. The lowest BCUT2D eigenvalue weighted by Gasteiger charge is -2.18. The predicted molar refractivity (Wildman–Crippen MR) is 45.0 cm³/mol. The number of hydrogen-bond donors (Lipinski definition) is 0. The second kappa shape index (κ2) is 4.48. The molecule has 0 N–H and O–H groups in total. The maximum Gasteiger partial charge on any atom is 0.418 e. The first kappa shape index (κ1) is 11.8. The van der Waals surface area contributed by atoms with E-state index in [1.165, 1.54) is 19.2 Å². The normalized spacial score (nSPS) is 13.7. The van der Waals surface area contributed by atoms with Crippen LogP contribution in [0, 0.1) is 7.11 Å². The van der Waals surface area contributed by atoms with Crippen LogP contribution in [0.1, 0.15) is 11.7 Å². The van der Waals surface area contributed by atoms with Crippen molar-refractivity contribution in [1.29, 1.82) is 0 Å². The molecule has 2 radical (unpaired) electrons. The van der Waals surface area contributed by atoms with Gasteiger partial charge in [0.2, 0.25) is 5.88 Å². The molecule has 6 heteroatoms. The maximum absolute atomic E-state index is 12.3. The molecule has 82 valence electrons. The number of halogens is 3. The first-order chi connectivity index (χ1) is 6.99. The Bertz CT molecular complexity index is 310. The van der Waals surface area contributed by atoms with Crippen LogP contribution in [0.3, 0.4) is 0 Å². The number of aromatic nitrogens is 1. The number of rotatable bonds is 3. The molecule has 15 heavy (non-hydrogen) atoms. The van der Waals surface area contributed by atoms with Gasteiger partial charge in [0.1, 0.15) is 7.11 Å². The lowest BCUT2D eigenvalue weighted by molar-refractivity contribution is -0.210. The minimum Gasteiger partial charge on any atom is -0.481 e. The summed E-state index contributed by atoms with van der Waals surface area (Å²) in [6.45, 7) is 0. The Labute approximate surface area is 84.8 Å². The fourth-order valence-electron chi connectivity index (χ4n) is 1.01. The van der Waals surface area contributed by atoms with Crippen LogP contribution in [0.5, 0.6) is 5.88 Å². The Morgan fingerprint density at radius 1 is 1.40 bits per heavy atom. The summed E-state index contributed by atoms with van der Waals surface area (Å²) in [5, 5.41) is 0. The van der Waals surface area contributed by atoms with E-state index >= 15 is 0 Å². The summed E-state index contributed by atoms with van der Waals surface area (Å²) < 4.78 is 45.5. The molecule has 0 bridgehead atoms. The molecule has 0 aliphatic heterocycles. The maximum atomic E-state index is 12.3. The Morgan fingerprint density at radius 2 is 2.07 bits per heavy atom. The van der Waals surface area contributed by atoms with E-state index in [-0.39, 0.29) is 11.4 Å². The van der Waals surface area contributed by atoms with Crippen molar-refractivity contribution in [2.24, 2.45) is 0 Å². The number of alkyl halides is 3. The van der Waals surface area contributed by atoms with Gasteiger partial charge >= 0.3 is 6.18 Å². The minimum absolute atomic E-state index is 0.175. The molecule has 0 aliphatic rings. The van der Waals surface area contributed by atoms with Crippen LogP contribution in [0.15, 0.2) is 18.3 Å². The van der Waals surface area contributed by atoms with Gasteiger partial charge in [0, 0.05) is 17.8 Å². The Kier molecular flexibility index (Phi) is 3.52. The second-order valence-electron chi connectivity index (χ2n) is 2.69. The van der Waals surface area contributed by atoms with Crippen molar-refractivity contribution < 1.29 is 22.6 Å². The molecule has 0 amide bonds. The summed E-state index contributed by atoms with van der Waals surface area (Å²) in [5.41, 5.74) is -0.175. The highest BCUT2D eigenvalue weighted by molar-refractivity contribution is 5.20. The van der Waals surface area contributed by atoms with Crippen molar-refractivity contribution in [3.63, 3.8) is 0 Å². The van der Waals surface area contributed by atoms with Gasteiger partial charge in [-0.25, -0.2) is 4.98 Å². The molecule has 0 aromatic carbocycles. The standard InChI is InChI=1S/C9H8F3NO2/c1-14-7-4-3-6(5-13-7)8(15-2)9(10,11)12/h2-5,8H,1H3. The van der Waals surface area contributed by atoms with Gasteiger partial charge in [0.05, 0.1) is 7.11 Å². The van der Waals surface area contributed by atoms with Crippen molar-refractivity contribution in [3.05, 3.63) is 31.0 Å². The molecule has 0 saturated heterocycles. The van der Waals surface area contributed by atoms with Crippen molar-refractivity contribution in [1.82, 2.24) is 4.98 Å². The van der Waals surface area contributed by atoms with Crippen molar-refractivity contribution in [2.75, 3.05) is 7.11 Å². The molecule has 0 aliphatic carbocycles. The minimum atomic E-state index is -4.56. The number of nitrogens with zero attached hydrogens (tertiary/aromatic N) is 1. The Hall–Kier alpha value is -1.30. The van der Waals surface area contributed by atoms with E-state index < -0.39 is 12.3 Å². The second-order valence-corrected chi connectivity index (χ2v) is 2.69. The number of hydrogen-bond acceptors (Lipinski definition) is 3. The molecule has 3 nitrogen and oxygen atoms in total. The van der Waals surface area contributed by atoms with Crippen LogP contribution >= 0.6 is 0 Å². The third-order valence-corrected chi connectivity index (χ3v) is 1.70. The van der Waals surface area contributed by atoms with E-state index in [0.717, 1.165) is 6.20 Å². The average molecular weight is 219 g/mol. The highest BCUT2D eigenvalue weighted by atomic mass is 19.4. The Morgan fingerprint density at radius 3 is 2.40 bits per heavy atom. The van der Waals surface area contributed by atoms with E-state index in [0.29, 0.717) is 0 Å². The topological polar surface area (TPSA) is 31.4 Å². The quantitative estimate of drug-likeness (QED) is 0.782. The molecule has 1 heterocycles. The van der Waals surface area contributed by atoms with Gasteiger partial charge < -0.3 is 9.47 Å². The van der Waals surface area contributed by atoms with E-state index in [4.69, 9.17) is 4.74 Å². The van der Waals surface area contributed by atoms with Crippen LogP contribution in [0.4, 0.5) is 13.2 Å². The van der Waals surface area contributed by atoms with Gasteiger partial charge in [-0.3, -0.25) is 0 Å². The summed E-state index contributed by atoms with van der Waals surface area (Å²) >= 11 is 0. The SMILES string of the molecule is [CH]OC(c1ccc(OC)nc1)C(F)(F)F. The van der Waals surface area contributed by atoms with Gasteiger partial charge in [0.15, 0.2) is 6.10 Å². The lowest BCUT2D eigenvalue weighted by Crippen LogP contribution is -2.21. The highest BCUT2D eigenvalue weighted by Crippen LogP contribution is 2.35. The zero-order chi connectivity index (χ0) is 11.5. The van der Waals surface area contributed by atoms with Gasteiger partial charge in [0.25, 0.3) is 0 Å². The molecule has 0 fully saturated rings. The van der Waals surface area contributed by atoms with Crippen LogP contribution in [0.2, 0.25) is 0 Å². The van der Waals surface area contributed by atoms with E-state index in [1.807, 2.05) is 0 Å². The Balaban J connectivity index is 2.93. The molecule has 0 saturated carbocycles. The molecular formula is C9H8F3NO2. The van der Waals surface area contributed by atoms with Crippen LogP contribution in [-0.2, 0) is 4.74 Å². The third kappa shape index (κ3) is 2.82. The van der Waals surface area contributed by atoms with Gasteiger partial charge in [-0.1, -0.05) is 0 Å². The largest absolute Gasteiger partial charge is 0.481 e. The fourth-order valence-corrected chi connectivity index (χ4v) is 1.01. The monoisotopic (exact) mass is 219 g/mol. The molecular weight excluding hydrogens is 211 g/mol. The molecule has 1 atom stereocenters. The third-order valence-electron chi connectivity index (χ3n) is 1.70. The van der Waals surface area contributed by atoms with Crippen LogP contribution < -0.4 is 4.74 Å². The summed E-state index contributed by atoms with van der Waals surface area (Å²) in [4.78, 5) is 3.62. The lowest BCUT2D eigenvalue weighted by atomic mass is 10.1. The van der Waals surface area contributed by atoms with Gasteiger partial charge in [-0.2, -0.15) is 13.2 Å². The molecule has 1 rings (SSSR count). The van der Waals surface area contributed by atoms with E-state index in [1.54, 1.807) is 0 Å². The zero-order valence-electron chi connectivity index (χ0n) is 7.78. The van der Waals surface area contributed by atoms with E-state index in [2.05, 4.69) is 16.8 Å². The van der Waals surface area contributed by atoms with Crippen LogP contribution in [0.25, 0.3) is 0 Å². The van der Waals surface area contributed by atoms with Gasteiger partial charge in [-0.05, 0) is 6.07 Å². The zero-order valence-corrected chi connectivity index (χ0v) is 7.78. The molecule has 1 aromatic rings. The molecule has 1 unspecified atom stereocenters. The van der Waals surface area contributed by atoms with Crippen molar-refractivity contribution >= 4 is 0 Å². The first-order valence-electron chi connectivity index (χ1n) is 3.91. The average Bonchev–Trinajstić information content (AvgIpc) is 2.18. The summed E-state index contributed by atoms with van der Waals surface area (Å²) in [6, 6.07) is 2.49. The number of ether oxygens (including phenoxy) is 2. The van der Waals surface area contributed by atoms with Crippen LogP contribution in [-0.4, -0.2) is 18.3 Å². The van der Waals surface area contributed by atoms with Crippen molar-refractivity contribution in [2.45, 2.75) is 12.3 Å². The van der Waals surface area contributed by atoms with Gasteiger partial charge in [-0.15, -0.1) is 0 Å². The predicted octanol–water partition coefficient (Wildman–Crippen LogP) is 2.38.